The normalized spacial score (nSPS) is 10.2. The monoisotopic (exact) mass is 294 g/mol. The standard InChI is InChI=1S/C13H12ClFN4O/c1-7-10(15)3-2-4-11(7)18-13(20)8-5-9(14)12(19-16)17-6-8/h2-6H,16H2,1H3,(H,17,19)(H,18,20). The lowest BCUT2D eigenvalue weighted by atomic mass is 10.1. The Morgan fingerprint density at radius 2 is 2.20 bits per heavy atom. The molecule has 5 nitrogen and oxygen atoms in total. The lowest BCUT2D eigenvalue weighted by Gasteiger charge is -2.09. The number of aromatic nitrogens is 1. The zero-order valence-corrected chi connectivity index (χ0v) is 11.3. The van der Waals surface area contributed by atoms with E-state index in [-0.39, 0.29) is 22.2 Å². The minimum absolute atomic E-state index is 0.219. The lowest BCUT2D eigenvalue weighted by molar-refractivity contribution is 0.102. The molecule has 7 heteroatoms. The molecule has 0 unspecified atom stereocenters. The number of nitrogens with two attached hydrogens (primary N) is 1. The summed E-state index contributed by atoms with van der Waals surface area (Å²) in [4.78, 5) is 15.9. The van der Waals surface area contributed by atoms with Crippen molar-refractivity contribution in [2.75, 3.05) is 10.7 Å². The first kappa shape index (κ1) is 14.2. The van der Waals surface area contributed by atoms with Crippen molar-refractivity contribution in [1.29, 1.82) is 0 Å². The Kier molecular flexibility index (Phi) is 4.16. The molecule has 2 aromatic rings. The Morgan fingerprint density at radius 3 is 2.85 bits per heavy atom. The second-order valence-electron chi connectivity index (χ2n) is 4.07. The molecule has 104 valence electrons. The number of hydrogen-bond donors (Lipinski definition) is 3. The summed E-state index contributed by atoms with van der Waals surface area (Å²) in [7, 11) is 0. The minimum Gasteiger partial charge on any atom is -0.322 e. The topological polar surface area (TPSA) is 80.0 Å². The number of nitrogen functional groups attached to an aromatic ring is 1. The van der Waals surface area contributed by atoms with Gasteiger partial charge in [-0.25, -0.2) is 15.2 Å². The fourth-order valence-electron chi connectivity index (χ4n) is 1.61. The van der Waals surface area contributed by atoms with Crippen LogP contribution in [0.3, 0.4) is 0 Å². The summed E-state index contributed by atoms with van der Waals surface area (Å²) in [5.74, 6) is 4.65. The third-order valence-corrected chi connectivity index (χ3v) is 3.04. The van der Waals surface area contributed by atoms with E-state index < -0.39 is 5.91 Å². The van der Waals surface area contributed by atoms with Gasteiger partial charge >= 0.3 is 0 Å². The molecule has 1 aromatic carbocycles. The number of halogens is 2. The Hall–Kier alpha value is -2.18. The van der Waals surface area contributed by atoms with E-state index in [2.05, 4.69) is 15.7 Å². The summed E-state index contributed by atoms with van der Waals surface area (Å²) < 4.78 is 13.4. The summed E-state index contributed by atoms with van der Waals surface area (Å²) in [5, 5.41) is 2.82. The van der Waals surface area contributed by atoms with Gasteiger partial charge in [0.15, 0.2) is 5.82 Å². The molecule has 0 aliphatic carbocycles. The number of carbonyl (C=O) groups is 1. The highest BCUT2D eigenvalue weighted by molar-refractivity contribution is 6.33. The number of hydrogen-bond acceptors (Lipinski definition) is 4. The number of nitrogens with zero attached hydrogens (tertiary/aromatic N) is 1. The third-order valence-electron chi connectivity index (χ3n) is 2.76. The van der Waals surface area contributed by atoms with E-state index in [0.29, 0.717) is 11.3 Å². The molecule has 20 heavy (non-hydrogen) atoms. The lowest BCUT2D eigenvalue weighted by Crippen LogP contribution is -2.15. The fourth-order valence-corrected chi connectivity index (χ4v) is 1.83. The first-order valence-corrected chi connectivity index (χ1v) is 6.09. The second kappa shape index (κ2) is 5.85. The summed E-state index contributed by atoms with van der Waals surface area (Å²) in [6.07, 6.45) is 1.32. The summed E-state index contributed by atoms with van der Waals surface area (Å²) in [6, 6.07) is 5.88. The van der Waals surface area contributed by atoms with E-state index in [0.717, 1.165) is 0 Å². The van der Waals surface area contributed by atoms with E-state index in [1.165, 1.54) is 24.4 Å². The highest BCUT2D eigenvalue weighted by atomic mass is 35.5. The first-order valence-electron chi connectivity index (χ1n) is 5.71. The van der Waals surface area contributed by atoms with Crippen LogP contribution in [0.15, 0.2) is 30.5 Å². The Morgan fingerprint density at radius 1 is 1.45 bits per heavy atom. The zero-order chi connectivity index (χ0) is 14.7. The Balaban J connectivity index is 2.24. The van der Waals surface area contributed by atoms with Crippen LogP contribution in [0.25, 0.3) is 0 Å². The van der Waals surface area contributed by atoms with Crippen molar-refractivity contribution in [2.45, 2.75) is 6.92 Å². The van der Waals surface area contributed by atoms with Gasteiger partial charge in [-0.1, -0.05) is 17.7 Å². The van der Waals surface area contributed by atoms with Crippen molar-refractivity contribution in [3.63, 3.8) is 0 Å². The smallest absolute Gasteiger partial charge is 0.257 e. The molecule has 0 spiro atoms. The van der Waals surface area contributed by atoms with Crippen LogP contribution in [0, 0.1) is 12.7 Å². The van der Waals surface area contributed by atoms with Gasteiger partial charge in [-0.15, -0.1) is 0 Å². The molecular weight excluding hydrogens is 283 g/mol. The number of anilines is 2. The largest absolute Gasteiger partial charge is 0.322 e. The highest BCUT2D eigenvalue weighted by Gasteiger charge is 2.12. The van der Waals surface area contributed by atoms with Crippen LogP contribution in [0.1, 0.15) is 15.9 Å². The van der Waals surface area contributed by atoms with Gasteiger partial charge in [0.1, 0.15) is 5.82 Å². The van der Waals surface area contributed by atoms with Crippen LogP contribution in [0.5, 0.6) is 0 Å². The van der Waals surface area contributed by atoms with Gasteiger partial charge in [-0.3, -0.25) is 4.79 Å². The van der Waals surface area contributed by atoms with E-state index >= 15 is 0 Å². The molecule has 0 atom stereocenters. The van der Waals surface area contributed by atoms with Gasteiger partial charge in [-0.2, -0.15) is 0 Å². The van der Waals surface area contributed by atoms with Crippen LogP contribution in [-0.2, 0) is 0 Å². The van der Waals surface area contributed by atoms with Crippen molar-refractivity contribution >= 4 is 29.0 Å². The molecule has 0 aliphatic heterocycles. The predicted molar refractivity (Wildman–Crippen MR) is 76.1 cm³/mol. The van der Waals surface area contributed by atoms with Crippen LogP contribution < -0.4 is 16.6 Å². The summed E-state index contributed by atoms with van der Waals surface area (Å²) in [6.45, 7) is 1.58. The maximum absolute atomic E-state index is 13.4. The van der Waals surface area contributed by atoms with E-state index in [4.69, 9.17) is 17.4 Å². The summed E-state index contributed by atoms with van der Waals surface area (Å²) >= 11 is 5.89. The minimum atomic E-state index is -0.434. The molecule has 0 radical (unpaired) electrons. The van der Waals surface area contributed by atoms with Crippen molar-refractivity contribution in [2.24, 2.45) is 5.84 Å². The molecular formula is C13H12ClFN4O. The van der Waals surface area contributed by atoms with Crippen molar-refractivity contribution in [1.82, 2.24) is 4.98 Å². The second-order valence-corrected chi connectivity index (χ2v) is 4.47. The number of nitrogens with one attached hydrogen (secondary N) is 2. The molecule has 0 fully saturated rings. The Bertz CT molecular complexity index is 663. The number of benzene rings is 1. The number of amides is 1. The Labute approximate surface area is 119 Å². The fraction of sp³-hybridized carbons (Fsp3) is 0.0769. The van der Waals surface area contributed by atoms with Gasteiger partial charge < -0.3 is 10.7 Å². The maximum atomic E-state index is 13.4. The van der Waals surface area contributed by atoms with Crippen molar-refractivity contribution in [3.05, 3.63) is 52.4 Å². The van der Waals surface area contributed by atoms with Crippen LogP contribution in [0.4, 0.5) is 15.9 Å². The van der Waals surface area contributed by atoms with Gasteiger partial charge in [0.2, 0.25) is 0 Å². The van der Waals surface area contributed by atoms with E-state index in [9.17, 15) is 9.18 Å². The quantitative estimate of drug-likeness (QED) is 0.600. The van der Waals surface area contributed by atoms with E-state index in [1.54, 1.807) is 13.0 Å². The average molecular weight is 295 g/mol. The molecule has 0 saturated carbocycles. The third kappa shape index (κ3) is 2.87. The molecule has 1 aromatic heterocycles. The zero-order valence-electron chi connectivity index (χ0n) is 10.6. The molecule has 1 amide bonds. The van der Waals surface area contributed by atoms with Crippen LogP contribution in [0.2, 0.25) is 5.02 Å². The van der Waals surface area contributed by atoms with Crippen molar-refractivity contribution < 1.29 is 9.18 Å². The molecule has 0 saturated heterocycles. The molecule has 0 bridgehead atoms. The number of carbonyl (C=O) groups excluding carboxylic acids is 1. The summed E-state index contributed by atoms with van der Waals surface area (Å²) in [5.41, 5.74) is 3.31. The van der Waals surface area contributed by atoms with Crippen LogP contribution >= 0.6 is 11.6 Å². The van der Waals surface area contributed by atoms with Gasteiger partial charge in [0.05, 0.1) is 10.6 Å². The number of pyridine rings is 1. The molecule has 2 rings (SSSR count). The number of hydrazine groups is 1. The molecule has 0 aliphatic rings. The highest BCUT2D eigenvalue weighted by Crippen LogP contribution is 2.21. The van der Waals surface area contributed by atoms with E-state index in [1.807, 2.05) is 0 Å². The van der Waals surface area contributed by atoms with Gasteiger partial charge in [0, 0.05) is 17.4 Å². The predicted octanol–water partition coefficient (Wildman–Crippen LogP) is 2.72. The maximum Gasteiger partial charge on any atom is 0.257 e. The van der Waals surface area contributed by atoms with Crippen molar-refractivity contribution in [3.8, 4) is 0 Å². The average Bonchev–Trinajstić information content (AvgIpc) is 2.43. The number of rotatable bonds is 3. The molecule has 1 heterocycles. The molecule has 4 N–H and O–H groups in total. The SMILES string of the molecule is Cc1c(F)cccc1NC(=O)c1cnc(NN)c(Cl)c1. The first-order chi connectivity index (χ1) is 9.52. The van der Waals surface area contributed by atoms with Gasteiger partial charge in [-0.05, 0) is 25.1 Å². The van der Waals surface area contributed by atoms with Crippen LogP contribution in [-0.4, -0.2) is 10.9 Å². The van der Waals surface area contributed by atoms with Gasteiger partial charge in [0.25, 0.3) is 5.91 Å².